The van der Waals surface area contributed by atoms with Gasteiger partial charge < -0.3 is 14.8 Å². The Balaban J connectivity index is 1.41. The first-order chi connectivity index (χ1) is 21.1. The Kier molecular flexibility index (Phi) is 10.0. The second-order valence-corrected chi connectivity index (χ2v) is 14.2. The van der Waals surface area contributed by atoms with E-state index in [0.717, 1.165) is 52.1 Å². The second kappa shape index (κ2) is 13.9. The van der Waals surface area contributed by atoms with Gasteiger partial charge in [0.1, 0.15) is 23.2 Å². The normalized spacial score (nSPS) is 14.5. The summed E-state index contributed by atoms with van der Waals surface area (Å²) in [5.74, 6) is 1.21. The zero-order valence-corrected chi connectivity index (χ0v) is 27.4. The molecule has 1 amide bonds. The first-order valence-electron chi connectivity index (χ1n) is 15.8. The lowest BCUT2D eigenvalue weighted by molar-refractivity contribution is -0.142. The van der Waals surface area contributed by atoms with Gasteiger partial charge in [-0.25, -0.2) is 9.78 Å². The van der Waals surface area contributed by atoms with E-state index in [1.54, 1.807) is 11.3 Å². The highest BCUT2D eigenvalue weighted by Crippen LogP contribution is 2.33. The number of thiophene rings is 1. The standard InChI is InChI=1S/C37H44N2O4S/c1-6-9-29-18-19-30(44-29)23-34(36(41)42-5)39-35(40)33-21-25-12-15-28(43-27-16-13-26(14-17-27)37(2,3)4)22-31(25)32(38-33)20-24-10-7-8-11-24/h12-19,21-22,24,34H,6-11,20,23H2,1-5H3,(H,39,40). The zero-order valence-electron chi connectivity index (χ0n) is 26.6. The van der Waals surface area contributed by atoms with E-state index in [-0.39, 0.29) is 11.3 Å². The van der Waals surface area contributed by atoms with Crippen molar-refractivity contribution in [1.82, 2.24) is 10.3 Å². The molecule has 1 unspecified atom stereocenters. The third-order valence-corrected chi connectivity index (χ3v) is 9.61. The number of amides is 1. The Morgan fingerprint density at radius 2 is 1.68 bits per heavy atom. The fourth-order valence-corrected chi connectivity index (χ4v) is 7.13. The first-order valence-corrected chi connectivity index (χ1v) is 16.6. The summed E-state index contributed by atoms with van der Waals surface area (Å²) < 4.78 is 11.3. The molecule has 1 N–H and O–H groups in total. The molecule has 1 aliphatic carbocycles. The van der Waals surface area contributed by atoms with Crippen molar-refractivity contribution in [3.05, 3.63) is 87.4 Å². The number of aromatic nitrogens is 1. The van der Waals surface area contributed by atoms with Crippen LogP contribution in [-0.2, 0) is 34.2 Å². The fourth-order valence-electron chi connectivity index (χ4n) is 5.96. The van der Waals surface area contributed by atoms with Gasteiger partial charge >= 0.3 is 5.97 Å². The lowest BCUT2D eigenvalue weighted by Gasteiger charge is -2.19. The van der Waals surface area contributed by atoms with Gasteiger partial charge in [0.25, 0.3) is 5.91 Å². The van der Waals surface area contributed by atoms with E-state index >= 15 is 0 Å². The van der Waals surface area contributed by atoms with Gasteiger partial charge in [0.15, 0.2) is 0 Å². The maximum atomic E-state index is 13.6. The molecule has 7 heteroatoms. The average molecular weight is 613 g/mol. The topological polar surface area (TPSA) is 77.5 Å². The molecule has 0 spiro atoms. The molecular weight excluding hydrogens is 568 g/mol. The van der Waals surface area contributed by atoms with Gasteiger partial charge in [0.2, 0.25) is 0 Å². The molecule has 232 valence electrons. The number of carbonyl (C=O) groups excluding carboxylic acids is 2. The summed E-state index contributed by atoms with van der Waals surface area (Å²) >= 11 is 1.68. The van der Waals surface area contributed by atoms with Gasteiger partial charge in [-0.15, -0.1) is 11.3 Å². The van der Waals surface area contributed by atoms with Crippen LogP contribution in [-0.4, -0.2) is 30.0 Å². The van der Waals surface area contributed by atoms with Gasteiger partial charge in [0, 0.05) is 27.3 Å². The van der Waals surface area contributed by atoms with Crippen molar-refractivity contribution in [2.75, 3.05) is 7.11 Å². The van der Waals surface area contributed by atoms with Gasteiger partial charge in [0.05, 0.1) is 7.11 Å². The summed E-state index contributed by atoms with van der Waals surface area (Å²) in [6.07, 6.45) is 8.04. The molecule has 44 heavy (non-hydrogen) atoms. The number of nitrogens with zero attached hydrogens (tertiary/aromatic N) is 1. The molecule has 1 aliphatic rings. The highest BCUT2D eigenvalue weighted by molar-refractivity contribution is 7.12. The molecule has 1 saturated carbocycles. The monoisotopic (exact) mass is 612 g/mol. The van der Waals surface area contributed by atoms with Gasteiger partial charge in [-0.3, -0.25) is 4.79 Å². The summed E-state index contributed by atoms with van der Waals surface area (Å²) in [5, 5.41) is 4.84. The van der Waals surface area contributed by atoms with Crippen molar-refractivity contribution in [3.8, 4) is 11.5 Å². The van der Waals surface area contributed by atoms with Crippen LogP contribution in [0.25, 0.3) is 10.8 Å². The van der Waals surface area contributed by atoms with E-state index < -0.39 is 12.0 Å². The second-order valence-electron chi connectivity index (χ2n) is 12.9. The molecule has 1 fully saturated rings. The molecule has 2 aromatic heterocycles. The van der Waals surface area contributed by atoms with E-state index in [9.17, 15) is 9.59 Å². The van der Waals surface area contributed by atoms with Crippen molar-refractivity contribution >= 4 is 34.0 Å². The van der Waals surface area contributed by atoms with E-state index in [4.69, 9.17) is 14.5 Å². The van der Waals surface area contributed by atoms with E-state index in [1.807, 2.05) is 42.5 Å². The summed E-state index contributed by atoms with van der Waals surface area (Å²) in [4.78, 5) is 33.5. The number of ether oxygens (including phenoxy) is 2. The number of nitrogens with one attached hydrogen (secondary N) is 1. The summed E-state index contributed by atoms with van der Waals surface area (Å²) in [6, 6.07) is 19.3. The third-order valence-electron chi connectivity index (χ3n) is 8.44. The fraction of sp³-hybridized carbons (Fsp3) is 0.432. The SMILES string of the molecule is CCCc1ccc(CC(NC(=O)c2cc3ccc(Oc4ccc(C(C)(C)C)cc4)cc3c(CC3CCCC3)n2)C(=O)OC)s1. The number of benzene rings is 2. The molecular formula is C37H44N2O4S. The van der Waals surface area contributed by atoms with Crippen LogP contribution < -0.4 is 10.1 Å². The quantitative estimate of drug-likeness (QED) is 0.172. The molecule has 2 heterocycles. The lowest BCUT2D eigenvalue weighted by atomic mass is 9.87. The number of hydrogen-bond donors (Lipinski definition) is 1. The Bertz CT molecular complexity index is 1600. The number of hydrogen-bond acceptors (Lipinski definition) is 6. The zero-order chi connectivity index (χ0) is 31.3. The lowest BCUT2D eigenvalue weighted by Crippen LogP contribution is -2.43. The molecule has 1 atom stereocenters. The highest BCUT2D eigenvalue weighted by Gasteiger charge is 2.26. The van der Waals surface area contributed by atoms with Gasteiger partial charge in [-0.2, -0.15) is 0 Å². The van der Waals surface area contributed by atoms with Crippen LogP contribution in [0.15, 0.2) is 60.7 Å². The van der Waals surface area contributed by atoms with E-state index in [1.165, 1.54) is 43.2 Å². The number of esters is 1. The third kappa shape index (κ3) is 7.86. The van der Waals surface area contributed by atoms with Crippen LogP contribution in [0.3, 0.4) is 0 Å². The molecule has 0 saturated heterocycles. The molecule has 0 bridgehead atoms. The maximum Gasteiger partial charge on any atom is 0.328 e. The van der Waals surface area contributed by atoms with Gasteiger partial charge in [-0.05, 0) is 77.6 Å². The van der Waals surface area contributed by atoms with Crippen LogP contribution in [0.4, 0.5) is 0 Å². The molecule has 4 aromatic rings. The molecule has 2 aromatic carbocycles. The molecule has 5 rings (SSSR count). The number of fused-ring (bicyclic) bond motifs is 1. The number of methoxy groups -OCH3 is 1. The Morgan fingerprint density at radius 3 is 2.36 bits per heavy atom. The minimum Gasteiger partial charge on any atom is -0.467 e. The van der Waals surface area contributed by atoms with Crippen LogP contribution in [0.2, 0.25) is 0 Å². The number of carbonyl (C=O) groups is 2. The Hall–Kier alpha value is -3.71. The largest absolute Gasteiger partial charge is 0.467 e. The minimum absolute atomic E-state index is 0.0747. The first kappa shape index (κ1) is 31.7. The van der Waals surface area contributed by atoms with Crippen molar-refractivity contribution in [2.24, 2.45) is 5.92 Å². The number of pyridine rings is 1. The molecule has 6 nitrogen and oxygen atoms in total. The predicted molar refractivity (Wildman–Crippen MR) is 178 cm³/mol. The Labute approximate surface area is 265 Å². The van der Waals surface area contributed by atoms with Crippen molar-refractivity contribution in [2.45, 2.75) is 90.5 Å². The summed E-state index contributed by atoms with van der Waals surface area (Å²) in [7, 11) is 1.35. The van der Waals surface area contributed by atoms with Crippen LogP contribution >= 0.6 is 11.3 Å². The average Bonchev–Trinajstić information content (AvgIpc) is 3.68. The maximum absolute atomic E-state index is 13.6. The molecule has 0 radical (unpaired) electrons. The summed E-state index contributed by atoms with van der Waals surface area (Å²) in [6.45, 7) is 8.74. The van der Waals surface area contributed by atoms with Crippen molar-refractivity contribution < 1.29 is 19.1 Å². The van der Waals surface area contributed by atoms with Gasteiger partial charge in [-0.1, -0.05) is 78.0 Å². The van der Waals surface area contributed by atoms with E-state index in [0.29, 0.717) is 18.0 Å². The highest BCUT2D eigenvalue weighted by atomic mass is 32.1. The van der Waals surface area contributed by atoms with Crippen LogP contribution in [0.1, 0.15) is 91.3 Å². The van der Waals surface area contributed by atoms with Crippen LogP contribution in [0.5, 0.6) is 11.5 Å². The summed E-state index contributed by atoms with van der Waals surface area (Å²) in [5.41, 5.74) is 2.53. The van der Waals surface area contributed by atoms with Crippen molar-refractivity contribution in [3.63, 3.8) is 0 Å². The Morgan fingerprint density at radius 1 is 0.977 bits per heavy atom. The smallest absolute Gasteiger partial charge is 0.328 e. The molecule has 0 aliphatic heterocycles. The number of aryl methyl sites for hydroxylation is 1. The minimum atomic E-state index is -0.795. The predicted octanol–water partition coefficient (Wildman–Crippen LogP) is 8.59. The van der Waals surface area contributed by atoms with Crippen molar-refractivity contribution in [1.29, 1.82) is 0 Å². The van der Waals surface area contributed by atoms with E-state index in [2.05, 4.69) is 51.2 Å². The number of rotatable bonds is 11. The van der Waals surface area contributed by atoms with Crippen LogP contribution in [0, 0.1) is 5.92 Å².